The Bertz CT molecular complexity index is 1010. The number of oxazole rings is 2. The lowest BCUT2D eigenvalue weighted by Crippen LogP contribution is -2.31. The van der Waals surface area contributed by atoms with Crippen LogP contribution in [0.4, 0.5) is 0 Å². The van der Waals surface area contributed by atoms with E-state index >= 15 is 0 Å². The number of cyclic esters (lactones) is 1. The highest BCUT2D eigenvalue weighted by molar-refractivity contribution is 5.92. The summed E-state index contributed by atoms with van der Waals surface area (Å²) in [5.74, 6) is -0.384. The Kier molecular flexibility index (Phi) is 10.2. The van der Waals surface area contributed by atoms with Gasteiger partial charge in [0.15, 0.2) is 5.69 Å². The number of esters is 1. The van der Waals surface area contributed by atoms with Gasteiger partial charge >= 0.3 is 5.97 Å². The quantitative estimate of drug-likeness (QED) is 0.572. The van der Waals surface area contributed by atoms with Crippen molar-refractivity contribution in [3.63, 3.8) is 0 Å². The zero-order valence-corrected chi connectivity index (χ0v) is 20.0. The van der Waals surface area contributed by atoms with Gasteiger partial charge in [-0.25, -0.2) is 9.97 Å². The Morgan fingerprint density at radius 1 is 1.03 bits per heavy atom. The molecule has 10 nitrogen and oxygen atoms in total. The highest BCUT2D eigenvalue weighted by Gasteiger charge is 2.23. The molecule has 0 aromatic carbocycles. The minimum Gasteiger partial charge on any atom is -0.466 e. The van der Waals surface area contributed by atoms with Gasteiger partial charge in [-0.2, -0.15) is 0 Å². The topological polar surface area (TPSA) is 145 Å². The van der Waals surface area contributed by atoms with Gasteiger partial charge in [0, 0.05) is 25.2 Å². The number of allylic oxidation sites excluding steroid dienone is 1. The number of nitrogens with zero attached hydrogens (tertiary/aromatic N) is 2. The molecule has 2 aromatic heterocycles. The molecule has 190 valence electrons. The van der Waals surface area contributed by atoms with E-state index in [0.29, 0.717) is 38.0 Å². The summed E-state index contributed by atoms with van der Waals surface area (Å²) in [5, 5.41) is 12.4. The van der Waals surface area contributed by atoms with Gasteiger partial charge in [0.05, 0.1) is 18.9 Å². The number of hydrogen-bond acceptors (Lipinski definition) is 9. The van der Waals surface area contributed by atoms with Crippen molar-refractivity contribution >= 4 is 23.7 Å². The molecule has 2 unspecified atom stereocenters. The number of nitrogens with one attached hydrogen (secondary N) is 1. The summed E-state index contributed by atoms with van der Waals surface area (Å²) in [6.07, 6.45) is 11.9. The van der Waals surface area contributed by atoms with E-state index in [1.165, 1.54) is 12.5 Å². The lowest BCUT2D eigenvalue weighted by atomic mass is 9.98. The largest absolute Gasteiger partial charge is 0.466 e. The summed E-state index contributed by atoms with van der Waals surface area (Å²) < 4.78 is 16.1. The van der Waals surface area contributed by atoms with Crippen molar-refractivity contribution in [2.24, 2.45) is 0 Å². The second kappa shape index (κ2) is 13.6. The molecule has 1 amide bonds. The van der Waals surface area contributed by atoms with Gasteiger partial charge in [-0.15, -0.1) is 0 Å². The van der Waals surface area contributed by atoms with Gasteiger partial charge < -0.3 is 24.0 Å². The van der Waals surface area contributed by atoms with Crippen LogP contribution in [0.2, 0.25) is 0 Å². The number of aliphatic hydroxyl groups excluding tert-OH is 1. The minimum absolute atomic E-state index is 0.0614. The lowest BCUT2D eigenvalue weighted by Gasteiger charge is -2.11. The number of ketones is 1. The molecule has 3 heterocycles. The van der Waals surface area contributed by atoms with Gasteiger partial charge in [0.25, 0.3) is 5.91 Å². The van der Waals surface area contributed by atoms with Crippen LogP contribution >= 0.6 is 0 Å². The molecule has 0 spiro atoms. The predicted octanol–water partition coefficient (Wildman–Crippen LogP) is 3.88. The summed E-state index contributed by atoms with van der Waals surface area (Å²) in [7, 11) is 0. The zero-order chi connectivity index (χ0) is 25.0. The van der Waals surface area contributed by atoms with Crippen molar-refractivity contribution in [1.82, 2.24) is 15.3 Å². The van der Waals surface area contributed by atoms with Gasteiger partial charge in [-0.3, -0.25) is 14.4 Å². The maximum Gasteiger partial charge on any atom is 0.305 e. The Morgan fingerprint density at radius 3 is 2.69 bits per heavy atom. The molecule has 0 fully saturated rings. The number of carbonyl (C=O) groups excluding carboxylic acids is 3. The predicted molar refractivity (Wildman–Crippen MR) is 125 cm³/mol. The van der Waals surface area contributed by atoms with Crippen molar-refractivity contribution in [2.75, 3.05) is 13.2 Å². The first-order chi connectivity index (χ1) is 17.0. The molecule has 0 saturated carbocycles. The number of rotatable bonds is 1. The van der Waals surface area contributed by atoms with E-state index in [9.17, 15) is 19.5 Å². The summed E-state index contributed by atoms with van der Waals surface area (Å²) in [4.78, 5) is 45.3. The molecule has 1 aliphatic rings. The maximum atomic E-state index is 12.6. The highest BCUT2D eigenvalue weighted by atomic mass is 16.5. The summed E-state index contributed by atoms with van der Waals surface area (Å²) in [6.45, 7) is 1.83. The average molecular weight is 488 g/mol. The minimum atomic E-state index is -0.866. The molecular formula is C25H33N3O7. The number of carbonyl (C=O) groups is 3. The molecule has 2 atom stereocenters. The smallest absolute Gasteiger partial charge is 0.305 e. The Morgan fingerprint density at radius 2 is 1.86 bits per heavy atom. The van der Waals surface area contributed by atoms with Crippen LogP contribution in [0.1, 0.15) is 105 Å². The average Bonchev–Trinajstić information content (AvgIpc) is 3.51. The molecule has 0 saturated heterocycles. The van der Waals surface area contributed by atoms with Gasteiger partial charge in [0.2, 0.25) is 11.8 Å². The SMILES string of the molecule is CC1CC(=O)CCCCCC(=O)OCCCC/C=C\c2nc(co2)C(=O)NC(CO)c2nc1co2. The number of hydrogen-bond donors (Lipinski definition) is 2. The summed E-state index contributed by atoms with van der Waals surface area (Å²) in [6, 6.07) is -0.866. The number of ether oxygens (including phenoxy) is 1. The monoisotopic (exact) mass is 487 g/mol. The third kappa shape index (κ3) is 8.47. The first kappa shape index (κ1) is 26.3. The van der Waals surface area contributed by atoms with E-state index in [2.05, 4.69) is 15.3 Å². The van der Waals surface area contributed by atoms with E-state index < -0.39 is 18.6 Å². The molecule has 3 rings (SSSR count). The number of fused-ring (bicyclic) bond motifs is 4. The molecule has 2 aromatic rings. The number of aromatic nitrogens is 2. The lowest BCUT2D eigenvalue weighted by molar-refractivity contribution is -0.143. The molecule has 0 radical (unpaired) electrons. The molecule has 35 heavy (non-hydrogen) atoms. The van der Waals surface area contributed by atoms with Crippen LogP contribution in [0.5, 0.6) is 0 Å². The molecule has 2 N–H and O–H groups in total. The van der Waals surface area contributed by atoms with Crippen LogP contribution in [0.15, 0.2) is 27.4 Å². The van der Waals surface area contributed by atoms with Gasteiger partial charge in [-0.1, -0.05) is 19.4 Å². The fraction of sp³-hybridized carbons (Fsp3) is 0.560. The van der Waals surface area contributed by atoms with Crippen LogP contribution in [0.25, 0.3) is 6.08 Å². The Balaban J connectivity index is 1.67. The molecule has 4 bridgehead atoms. The fourth-order valence-corrected chi connectivity index (χ4v) is 3.70. The van der Waals surface area contributed by atoms with E-state index in [1.807, 2.05) is 13.0 Å². The van der Waals surface area contributed by atoms with Crippen molar-refractivity contribution in [3.05, 3.63) is 41.8 Å². The van der Waals surface area contributed by atoms with Crippen LogP contribution in [-0.4, -0.2) is 45.9 Å². The molecule has 0 aliphatic carbocycles. The van der Waals surface area contributed by atoms with Gasteiger partial charge in [-0.05, 0) is 38.2 Å². The highest BCUT2D eigenvalue weighted by Crippen LogP contribution is 2.23. The first-order valence-corrected chi connectivity index (χ1v) is 12.1. The maximum absolute atomic E-state index is 12.6. The van der Waals surface area contributed by atoms with Crippen LogP contribution in [0.3, 0.4) is 0 Å². The van der Waals surface area contributed by atoms with Crippen molar-refractivity contribution in [1.29, 1.82) is 0 Å². The van der Waals surface area contributed by atoms with Crippen molar-refractivity contribution < 1.29 is 33.1 Å². The zero-order valence-electron chi connectivity index (χ0n) is 20.0. The number of aliphatic hydroxyl groups is 1. The van der Waals surface area contributed by atoms with Gasteiger partial charge in [0.1, 0.15) is 24.4 Å². The second-order valence-corrected chi connectivity index (χ2v) is 8.71. The van der Waals surface area contributed by atoms with Crippen molar-refractivity contribution in [2.45, 2.75) is 76.7 Å². The van der Waals surface area contributed by atoms with E-state index in [1.54, 1.807) is 6.08 Å². The second-order valence-electron chi connectivity index (χ2n) is 8.71. The standard InChI is InChI=1S/C25H33N3O7/c1-17-13-18(30)9-5-4-7-11-23(31)33-12-8-3-2-6-10-22-26-21(16-34-22)24(32)27-19(14-29)25-28-20(17)15-35-25/h6,10,15-17,19,29H,2-5,7-9,11-14H2,1H3,(H,27,32)/b10-6-. The Labute approximate surface area is 204 Å². The van der Waals surface area contributed by atoms with Crippen molar-refractivity contribution in [3.8, 4) is 0 Å². The molecule has 10 heteroatoms. The molecular weight excluding hydrogens is 454 g/mol. The summed E-state index contributed by atoms with van der Waals surface area (Å²) in [5.41, 5.74) is 0.634. The molecule has 1 aliphatic heterocycles. The summed E-state index contributed by atoms with van der Waals surface area (Å²) >= 11 is 0. The van der Waals surface area contributed by atoms with E-state index in [-0.39, 0.29) is 35.1 Å². The van der Waals surface area contributed by atoms with Crippen LogP contribution < -0.4 is 5.32 Å². The third-order valence-electron chi connectivity index (χ3n) is 5.74. The van der Waals surface area contributed by atoms with E-state index in [0.717, 1.165) is 32.1 Å². The van der Waals surface area contributed by atoms with Crippen LogP contribution in [-0.2, 0) is 14.3 Å². The van der Waals surface area contributed by atoms with Crippen LogP contribution in [0, 0.1) is 0 Å². The number of amides is 1. The van der Waals surface area contributed by atoms with E-state index in [4.69, 9.17) is 13.6 Å². The first-order valence-electron chi connectivity index (χ1n) is 12.1. The number of Topliss-reactive ketones (excluding diaryl/α,β-unsaturated/α-hetero) is 1. The third-order valence-corrected chi connectivity index (χ3v) is 5.74. The Hall–Kier alpha value is -3.27. The fourth-order valence-electron chi connectivity index (χ4n) is 3.70. The normalized spacial score (nSPS) is 23.0.